The summed E-state index contributed by atoms with van der Waals surface area (Å²) >= 11 is 0. The number of methoxy groups -OCH3 is 2. The smallest absolute Gasteiger partial charge is 0.229 e. The third-order valence-corrected chi connectivity index (χ3v) is 5.57. The van der Waals surface area contributed by atoms with Crippen molar-refractivity contribution in [2.45, 2.75) is 32.6 Å². The number of piperidine rings is 1. The number of nitrogens with zero attached hydrogens (tertiary/aromatic N) is 5. The van der Waals surface area contributed by atoms with Crippen LogP contribution in [0.5, 0.6) is 11.5 Å². The van der Waals surface area contributed by atoms with Gasteiger partial charge in [-0.15, -0.1) is 15.3 Å². The van der Waals surface area contributed by atoms with E-state index in [2.05, 4.69) is 34.3 Å². The molecule has 2 aromatic heterocycles. The van der Waals surface area contributed by atoms with Crippen molar-refractivity contribution in [2.75, 3.05) is 37.5 Å². The van der Waals surface area contributed by atoms with Crippen LogP contribution in [0.1, 0.15) is 38.4 Å². The van der Waals surface area contributed by atoms with Gasteiger partial charge < -0.3 is 19.7 Å². The van der Waals surface area contributed by atoms with Crippen molar-refractivity contribution in [1.29, 1.82) is 0 Å². The lowest BCUT2D eigenvalue weighted by atomic mass is 9.97. The second-order valence-electron chi connectivity index (χ2n) is 8.02. The van der Waals surface area contributed by atoms with Gasteiger partial charge in [-0.2, -0.15) is 4.52 Å². The summed E-state index contributed by atoms with van der Waals surface area (Å²) in [4.78, 5) is 15.2. The van der Waals surface area contributed by atoms with Crippen LogP contribution in [0.3, 0.4) is 0 Å². The molecule has 0 aliphatic carbocycles. The summed E-state index contributed by atoms with van der Waals surface area (Å²) in [6.45, 7) is 5.59. The molecule has 9 nitrogen and oxygen atoms in total. The summed E-state index contributed by atoms with van der Waals surface area (Å²) in [6, 6.07) is 9.22. The van der Waals surface area contributed by atoms with Crippen LogP contribution in [0.2, 0.25) is 0 Å². The van der Waals surface area contributed by atoms with E-state index in [1.807, 2.05) is 12.1 Å². The molecule has 1 aliphatic heterocycles. The van der Waals surface area contributed by atoms with Crippen LogP contribution in [0.25, 0.3) is 5.65 Å². The van der Waals surface area contributed by atoms with Crippen molar-refractivity contribution in [3.8, 4) is 11.5 Å². The Labute approximate surface area is 181 Å². The average Bonchev–Trinajstić information content (AvgIpc) is 3.23. The summed E-state index contributed by atoms with van der Waals surface area (Å²) < 4.78 is 12.4. The molecule has 31 heavy (non-hydrogen) atoms. The fourth-order valence-corrected chi connectivity index (χ4v) is 3.86. The van der Waals surface area contributed by atoms with E-state index in [0.717, 1.165) is 36.7 Å². The molecule has 0 radical (unpaired) electrons. The number of ether oxygens (including phenoxy) is 2. The Hall–Kier alpha value is -3.36. The van der Waals surface area contributed by atoms with E-state index >= 15 is 0 Å². The highest BCUT2D eigenvalue weighted by atomic mass is 16.5. The Balaban J connectivity index is 1.50. The van der Waals surface area contributed by atoms with Gasteiger partial charge in [-0.1, -0.05) is 13.8 Å². The monoisotopic (exact) mass is 424 g/mol. The molecule has 1 unspecified atom stereocenters. The van der Waals surface area contributed by atoms with Crippen LogP contribution >= 0.6 is 0 Å². The van der Waals surface area contributed by atoms with Gasteiger partial charge in [0.1, 0.15) is 17.3 Å². The number of fused-ring (bicyclic) bond motifs is 1. The minimum Gasteiger partial charge on any atom is -0.497 e. The normalized spacial score (nSPS) is 16.5. The second kappa shape index (κ2) is 8.79. The molecule has 1 saturated heterocycles. The van der Waals surface area contributed by atoms with E-state index in [9.17, 15) is 4.79 Å². The molecule has 0 saturated carbocycles. The van der Waals surface area contributed by atoms with Crippen LogP contribution in [0.15, 0.2) is 30.3 Å². The van der Waals surface area contributed by atoms with Gasteiger partial charge in [0.25, 0.3) is 0 Å². The number of anilines is 2. The van der Waals surface area contributed by atoms with Gasteiger partial charge in [0.15, 0.2) is 11.5 Å². The number of aromatic nitrogens is 4. The molecule has 1 fully saturated rings. The van der Waals surface area contributed by atoms with E-state index in [4.69, 9.17) is 14.6 Å². The summed E-state index contributed by atoms with van der Waals surface area (Å²) in [6.07, 6.45) is 1.74. The SMILES string of the molecule is COc1ccc(NC(=O)C2CCCN(c3ccc4nnc(C(C)C)n4n3)C2)c(OC)c1. The molecule has 0 spiro atoms. The Morgan fingerprint density at radius 3 is 2.74 bits per heavy atom. The van der Waals surface area contributed by atoms with Crippen LogP contribution in [0.4, 0.5) is 11.5 Å². The Bertz CT molecular complexity index is 1080. The van der Waals surface area contributed by atoms with Gasteiger partial charge in [-0.25, -0.2) is 0 Å². The molecule has 1 aromatic carbocycles. The highest BCUT2D eigenvalue weighted by Crippen LogP contribution is 2.30. The maximum atomic E-state index is 13.0. The van der Waals surface area contributed by atoms with Gasteiger partial charge in [0, 0.05) is 25.1 Å². The largest absolute Gasteiger partial charge is 0.497 e. The third kappa shape index (κ3) is 4.26. The van der Waals surface area contributed by atoms with Gasteiger partial charge in [-0.05, 0) is 37.1 Å². The predicted octanol–water partition coefficient (Wildman–Crippen LogP) is 3.12. The van der Waals surface area contributed by atoms with Crippen LogP contribution in [-0.2, 0) is 4.79 Å². The van der Waals surface area contributed by atoms with E-state index in [-0.39, 0.29) is 17.7 Å². The lowest BCUT2D eigenvalue weighted by Crippen LogP contribution is -2.41. The molecule has 1 aliphatic rings. The summed E-state index contributed by atoms with van der Waals surface area (Å²) in [5.41, 5.74) is 1.36. The molecule has 3 heterocycles. The van der Waals surface area contributed by atoms with E-state index in [1.54, 1.807) is 36.9 Å². The number of rotatable bonds is 6. The van der Waals surface area contributed by atoms with E-state index < -0.39 is 0 Å². The number of nitrogens with one attached hydrogen (secondary N) is 1. The first-order valence-corrected chi connectivity index (χ1v) is 10.5. The van der Waals surface area contributed by atoms with E-state index in [0.29, 0.717) is 23.7 Å². The Kier molecular flexibility index (Phi) is 5.92. The van der Waals surface area contributed by atoms with Gasteiger partial charge in [0.2, 0.25) is 5.91 Å². The first-order chi connectivity index (χ1) is 15.0. The quantitative estimate of drug-likeness (QED) is 0.650. The van der Waals surface area contributed by atoms with Crippen molar-refractivity contribution in [2.24, 2.45) is 5.92 Å². The molecule has 0 bridgehead atoms. The molecular weight excluding hydrogens is 396 g/mol. The minimum atomic E-state index is -0.150. The molecule has 9 heteroatoms. The Morgan fingerprint density at radius 2 is 2.00 bits per heavy atom. The second-order valence-corrected chi connectivity index (χ2v) is 8.02. The number of hydrogen-bond acceptors (Lipinski definition) is 7. The molecule has 1 N–H and O–H groups in total. The molecule has 164 valence electrons. The first-order valence-electron chi connectivity index (χ1n) is 10.5. The van der Waals surface area contributed by atoms with Crippen molar-refractivity contribution in [3.63, 3.8) is 0 Å². The van der Waals surface area contributed by atoms with Crippen molar-refractivity contribution in [1.82, 2.24) is 19.8 Å². The summed E-state index contributed by atoms with van der Waals surface area (Å²) in [5.74, 6) is 2.95. The molecule has 4 rings (SSSR count). The highest BCUT2D eigenvalue weighted by Gasteiger charge is 2.28. The fraction of sp³-hybridized carbons (Fsp3) is 0.455. The summed E-state index contributed by atoms with van der Waals surface area (Å²) in [7, 11) is 3.17. The number of benzene rings is 1. The van der Waals surface area contributed by atoms with Gasteiger partial charge in [-0.3, -0.25) is 4.79 Å². The topological polar surface area (TPSA) is 93.9 Å². The number of hydrogen-bond donors (Lipinski definition) is 1. The van der Waals surface area contributed by atoms with E-state index in [1.165, 1.54) is 0 Å². The number of carbonyl (C=O) groups is 1. The average molecular weight is 425 g/mol. The number of amides is 1. The maximum Gasteiger partial charge on any atom is 0.229 e. The predicted molar refractivity (Wildman–Crippen MR) is 118 cm³/mol. The van der Waals surface area contributed by atoms with Crippen molar-refractivity contribution < 1.29 is 14.3 Å². The molecule has 1 amide bonds. The molecule has 3 aromatic rings. The van der Waals surface area contributed by atoms with Crippen LogP contribution in [0, 0.1) is 5.92 Å². The van der Waals surface area contributed by atoms with Crippen LogP contribution in [-0.4, -0.2) is 53.0 Å². The maximum absolute atomic E-state index is 13.0. The summed E-state index contributed by atoms with van der Waals surface area (Å²) in [5, 5.41) is 16.2. The zero-order chi connectivity index (χ0) is 22.0. The highest BCUT2D eigenvalue weighted by molar-refractivity contribution is 5.94. The minimum absolute atomic E-state index is 0.0265. The zero-order valence-corrected chi connectivity index (χ0v) is 18.3. The van der Waals surface area contributed by atoms with Crippen molar-refractivity contribution in [3.05, 3.63) is 36.2 Å². The lowest BCUT2D eigenvalue weighted by Gasteiger charge is -2.32. The van der Waals surface area contributed by atoms with Crippen LogP contribution < -0.4 is 19.7 Å². The standard InChI is InChI=1S/C22H28N6O3/c1-14(2)21-25-24-19-9-10-20(26-28(19)21)27-11-5-6-15(13-27)22(29)23-17-8-7-16(30-3)12-18(17)31-4/h7-10,12,14-15H,5-6,11,13H2,1-4H3,(H,23,29). The van der Waals surface area contributed by atoms with Gasteiger partial charge in [0.05, 0.1) is 25.8 Å². The first kappa shape index (κ1) is 20.9. The zero-order valence-electron chi connectivity index (χ0n) is 18.3. The Morgan fingerprint density at radius 1 is 1.16 bits per heavy atom. The lowest BCUT2D eigenvalue weighted by molar-refractivity contribution is -0.120. The fourth-order valence-electron chi connectivity index (χ4n) is 3.86. The van der Waals surface area contributed by atoms with Gasteiger partial charge >= 0.3 is 0 Å². The molecule has 1 atom stereocenters. The third-order valence-electron chi connectivity index (χ3n) is 5.57. The van der Waals surface area contributed by atoms with Crippen molar-refractivity contribution >= 4 is 23.1 Å². The molecular formula is C22H28N6O3. The number of carbonyl (C=O) groups excluding carboxylic acids is 1.